The Morgan fingerprint density at radius 2 is 2.32 bits per heavy atom. The maximum Gasteiger partial charge on any atom is 0.167 e. The standard InChI is InChI=1S/C15H21NO3/c1-11(2)16-6-7-19-15(10-16)14(18)9-12-4-3-5-13(17)8-12/h3-5,8,11,15,17H,6-7,9-10H2,1-2H3. The van der Waals surface area contributed by atoms with Crippen LogP contribution in [-0.2, 0) is 16.0 Å². The molecule has 0 saturated carbocycles. The fourth-order valence-electron chi connectivity index (χ4n) is 2.31. The second-order valence-electron chi connectivity index (χ2n) is 5.26. The minimum Gasteiger partial charge on any atom is -0.508 e. The predicted octanol–water partition coefficient (Wildman–Crippen LogP) is 1.61. The van der Waals surface area contributed by atoms with E-state index < -0.39 is 0 Å². The van der Waals surface area contributed by atoms with Gasteiger partial charge in [0, 0.05) is 25.6 Å². The van der Waals surface area contributed by atoms with Crippen LogP contribution in [0.4, 0.5) is 0 Å². The molecule has 1 atom stereocenters. The molecular formula is C15H21NO3. The van der Waals surface area contributed by atoms with Crippen molar-refractivity contribution in [3.8, 4) is 5.75 Å². The first-order valence-electron chi connectivity index (χ1n) is 6.72. The van der Waals surface area contributed by atoms with E-state index in [0.717, 1.165) is 12.1 Å². The average Bonchev–Trinajstić information content (AvgIpc) is 2.39. The van der Waals surface area contributed by atoms with Crippen LogP contribution in [0.1, 0.15) is 19.4 Å². The number of nitrogens with zero attached hydrogens (tertiary/aromatic N) is 1. The third-order valence-corrected chi connectivity index (χ3v) is 3.48. The SMILES string of the molecule is CC(C)N1CCOC(C(=O)Cc2cccc(O)c2)C1. The molecule has 0 radical (unpaired) electrons. The van der Waals surface area contributed by atoms with E-state index >= 15 is 0 Å². The summed E-state index contributed by atoms with van der Waals surface area (Å²) in [7, 11) is 0. The summed E-state index contributed by atoms with van der Waals surface area (Å²) >= 11 is 0. The van der Waals surface area contributed by atoms with Gasteiger partial charge in [0.2, 0.25) is 0 Å². The van der Waals surface area contributed by atoms with E-state index in [0.29, 0.717) is 25.6 Å². The summed E-state index contributed by atoms with van der Waals surface area (Å²) < 4.78 is 5.57. The molecule has 1 saturated heterocycles. The molecule has 1 aromatic carbocycles. The smallest absolute Gasteiger partial charge is 0.167 e. The Hall–Kier alpha value is -1.39. The molecule has 2 rings (SSSR count). The number of hydrogen-bond donors (Lipinski definition) is 1. The number of carbonyl (C=O) groups is 1. The molecule has 1 aromatic rings. The third-order valence-electron chi connectivity index (χ3n) is 3.48. The van der Waals surface area contributed by atoms with Crippen molar-refractivity contribution < 1.29 is 14.6 Å². The highest BCUT2D eigenvalue weighted by Crippen LogP contribution is 2.15. The Morgan fingerprint density at radius 3 is 3.00 bits per heavy atom. The van der Waals surface area contributed by atoms with Gasteiger partial charge in [-0.15, -0.1) is 0 Å². The number of ether oxygens (including phenoxy) is 1. The zero-order valence-electron chi connectivity index (χ0n) is 11.5. The summed E-state index contributed by atoms with van der Waals surface area (Å²) in [5.74, 6) is 0.273. The topological polar surface area (TPSA) is 49.8 Å². The number of phenols is 1. The van der Waals surface area contributed by atoms with E-state index in [4.69, 9.17) is 4.74 Å². The molecule has 0 aromatic heterocycles. The van der Waals surface area contributed by atoms with Crippen molar-refractivity contribution >= 4 is 5.78 Å². The summed E-state index contributed by atoms with van der Waals surface area (Å²) in [5.41, 5.74) is 0.829. The van der Waals surface area contributed by atoms with Crippen LogP contribution in [0.3, 0.4) is 0 Å². The maximum atomic E-state index is 12.2. The summed E-state index contributed by atoms with van der Waals surface area (Å²) in [5, 5.41) is 9.40. The fraction of sp³-hybridized carbons (Fsp3) is 0.533. The van der Waals surface area contributed by atoms with E-state index in [1.165, 1.54) is 0 Å². The first kappa shape index (κ1) is 14.0. The van der Waals surface area contributed by atoms with Crippen molar-refractivity contribution in [3.05, 3.63) is 29.8 Å². The predicted molar refractivity (Wildman–Crippen MR) is 73.3 cm³/mol. The second kappa shape index (κ2) is 6.17. The van der Waals surface area contributed by atoms with Gasteiger partial charge in [-0.2, -0.15) is 0 Å². The first-order valence-corrected chi connectivity index (χ1v) is 6.72. The van der Waals surface area contributed by atoms with Crippen molar-refractivity contribution in [1.29, 1.82) is 0 Å². The van der Waals surface area contributed by atoms with Crippen molar-refractivity contribution in [2.45, 2.75) is 32.4 Å². The zero-order valence-corrected chi connectivity index (χ0v) is 11.5. The van der Waals surface area contributed by atoms with Crippen LogP contribution >= 0.6 is 0 Å². The molecule has 1 fully saturated rings. The van der Waals surface area contributed by atoms with Gasteiger partial charge in [-0.25, -0.2) is 0 Å². The molecule has 0 bridgehead atoms. The van der Waals surface area contributed by atoms with Gasteiger partial charge in [-0.05, 0) is 31.5 Å². The molecule has 4 nitrogen and oxygen atoms in total. The van der Waals surface area contributed by atoms with E-state index in [-0.39, 0.29) is 17.6 Å². The third kappa shape index (κ3) is 3.78. The maximum absolute atomic E-state index is 12.2. The van der Waals surface area contributed by atoms with Gasteiger partial charge in [0.05, 0.1) is 6.61 Å². The molecule has 1 aliphatic rings. The fourth-order valence-corrected chi connectivity index (χ4v) is 2.31. The normalized spacial score (nSPS) is 20.7. The molecular weight excluding hydrogens is 242 g/mol. The molecule has 104 valence electrons. The second-order valence-corrected chi connectivity index (χ2v) is 5.26. The Kier molecular flexibility index (Phi) is 4.56. The van der Waals surface area contributed by atoms with Gasteiger partial charge in [-0.1, -0.05) is 12.1 Å². The minimum atomic E-state index is -0.349. The highest BCUT2D eigenvalue weighted by Gasteiger charge is 2.27. The van der Waals surface area contributed by atoms with Gasteiger partial charge in [0.25, 0.3) is 0 Å². The quantitative estimate of drug-likeness (QED) is 0.896. The van der Waals surface area contributed by atoms with Crippen molar-refractivity contribution in [3.63, 3.8) is 0 Å². The van der Waals surface area contributed by atoms with E-state index in [9.17, 15) is 9.90 Å². The summed E-state index contributed by atoms with van der Waals surface area (Å²) in [6.07, 6.45) is -0.0381. The van der Waals surface area contributed by atoms with Crippen LogP contribution in [0, 0.1) is 0 Å². The van der Waals surface area contributed by atoms with E-state index in [1.54, 1.807) is 18.2 Å². The monoisotopic (exact) mass is 263 g/mol. The number of Topliss-reactive ketones (excluding diaryl/α,β-unsaturated/α-hetero) is 1. The first-order chi connectivity index (χ1) is 9.06. The molecule has 0 aliphatic carbocycles. The lowest BCUT2D eigenvalue weighted by Crippen LogP contribution is -2.49. The number of benzene rings is 1. The summed E-state index contributed by atoms with van der Waals surface area (Å²) in [6, 6.07) is 7.26. The Bertz CT molecular complexity index is 445. The highest BCUT2D eigenvalue weighted by molar-refractivity contribution is 5.85. The van der Waals surface area contributed by atoms with E-state index in [1.807, 2.05) is 6.07 Å². The Labute approximate surface area is 114 Å². The van der Waals surface area contributed by atoms with Crippen molar-refractivity contribution in [1.82, 2.24) is 4.90 Å². The molecule has 1 heterocycles. The lowest BCUT2D eigenvalue weighted by molar-refractivity contribution is -0.136. The number of morpholine rings is 1. The van der Waals surface area contributed by atoms with Crippen LogP contribution < -0.4 is 0 Å². The molecule has 19 heavy (non-hydrogen) atoms. The number of ketones is 1. The van der Waals surface area contributed by atoms with Gasteiger partial charge in [-0.3, -0.25) is 9.69 Å². The van der Waals surface area contributed by atoms with Crippen LogP contribution in [0.2, 0.25) is 0 Å². The molecule has 1 N–H and O–H groups in total. The highest BCUT2D eigenvalue weighted by atomic mass is 16.5. The van der Waals surface area contributed by atoms with Gasteiger partial charge in [0.15, 0.2) is 5.78 Å². The van der Waals surface area contributed by atoms with Crippen molar-refractivity contribution in [2.24, 2.45) is 0 Å². The number of rotatable bonds is 4. The Balaban J connectivity index is 1.96. The molecule has 0 spiro atoms. The largest absolute Gasteiger partial charge is 0.508 e. The van der Waals surface area contributed by atoms with Crippen LogP contribution in [0.15, 0.2) is 24.3 Å². The number of hydrogen-bond acceptors (Lipinski definition) is 4. The molecule has 1 unspecified atom stereocenters. The zero-order chi connectivity index (χ0) is 13.8. The molecule has 1 aliphatic heterocycles. The minimum absolute atomic E-state index is 0.0796. The van der Waals surface area contributed by atoms with Gasteiger partial charge < -0.3 is 9.84 Å². The Morgan fingerprint density at radius 1 is 1.53 bits per heavy atom. The van der Waals surface area contributed by atoms with Gasteiger partial charge >= 0.3 is 0 Å². The molecule has 4 heteroatoms. The number of phenolic OH excluding ortho intramolecular Hbond substituents is 1. The van der Waals surface area contributed by atoms with Crippen LogP contribution in [-0.4, -0.2) is 47.6 Å². The van der Waals surface area contributed by atoms with Crippen LogP contribution in [0.25, 0.3) is 0 Å². The lowest BCUT2D eigenvalue weighted by Gasteiger charge is -2.34. The average molecular weight is 263 g/mol. The molecule has 0 amide bonds. The van der Waals surface area contributed by atoms with Crippen LogP contribution in [0.5, 0.6) is 5.75 Å². The number of aromatic hydroxyl groups is 1. The summed E-state index contributed by atoms with van der Waals surface area (Å²) in [6.45, 7) is 6.40. The van der Waals surface area contributed by atoms with Crippen molar-refractivity contribution in [2.75, 3.05) is 19.7 Å². The summed E-state index contributed by atoms with van der Waals surface area (Å²) in [4.78, 5) is 14.5. The lowest BCUT2D eigenvalue weighted by atomic mass is 10.0. The van der Waals surface area contributed by atoms with E-state index in [2.05, 4.69) is 18.7 Å². The van der Waals surface area contributed by atoms with Gasteiger partial charge in [0.1, 0.15) is 11.9 Å². The number of carbonyl (C=O) groups excluding carboxylic acids is 1.